The molecule has 2 N–H and O–H groups in total. The Balaban J connectivity index is 0.859. The highest BCUT2D eigenvalue weighted by Gasteiger charge is 2.53. The van der Waals surface area contributed by atoms with Crippen LogP contribution in [0.25, 0.3) is 0 Å². The summed E-state index contributed by atoms with van der Waals surface area (Å²) in [6.07, 6.45) is 5.71. The van der Waals surface area contributed by atoms with Gasteiger partial charge in [-0.25, -0.2) is 4.98 Å². The molecular weight excluding hydrogens is 606 g/mol. The molecule has 0 spiro atoms. The van der Waals surface area contributed by atoms with Crippen LogP contribution in [0.1, 0.15) is 86.1 Å². The van der Waals surface area contributed by atoms with Gasteiger partial charge in [-0.15, -0.1) is 0 Å². The van der Waals surface area contributed by atoms with E-state index in [0.717, 1.165) is 82.1 Å². The lowest BCUT2D eigenvalue weighted by molar-refractivity contribution is -0.136. The largest absolute Gasteiger partial charge is 0.369 e. The fraction of sp³-hybridized carbons (Fsp3) is 0.595. The number of anilines is 2. The SMILES string of the molecule is CC1(C)CC(C)(C)C1NC(=O)c1ccc(N2CCC(CN3CCN(c4ccc5c(c4)CN([C@H]4CCC(=O)NC4=O)C5=O)CC3)CC2)nc1. The van der Waals surface area contributed by atoms with Crippen LogP contribution < -0.4 is 20.4 Å². The molecule has 5 aliphatic rings. The first-order valence-corrected chi connectivity index (χ1v) is 17.6. The van der Waals surface area contributed by atoms with Crippen molar-refractivity contribution in [1.82, 2.24) is 25.4 Å². The third-order valence-electron chi connectivity index (χ3n) is 11.5. The molecule has 1 aromatic heterocycles. The van der Waals surface area contributed by atoms with Gasteiger partial charge >= 0.3 is 0 Å². The van der Waals surface area contributed by atoms with Crippen molar-refractivity contribution in [3.63, 3.8) is 0 Å². The molecule has 1 aromatic carbocycles. The van der Waals surface area contributed by atoms with Crippen molar-refractivity contribution >= 4 is 35.1 Å². The Bertz CT molecular complexity index is 1580. The normalized spacial score (nSPS) is 24.7. The molecule has 4 amide bonds. The molecule has 11 nitrogen and oxygen atoms in total. The summed E-state index contributed by atoms with van der Waals surface area (Å²) in [6, 6.07) is 9.50. The second kappa shape index (κ2) is 12.5. The van der Waals surface area contributed by atoms with E-state index in [-0.39, 0.29) is 46.9 Å². The first-order chi connectivity index (χ1) is 22.9. The molecule has 256 valence electrons. The Labute approximate surface area is 283 Å². The van der Waals surface area contributed by atoms with Crippen molar-refractivity contribution in [3.05, 3.63) is 53.2 Å². The number of nitrogens with zero attached hydrogens (tertiary/aromatic N) is 5. The summed E-state index contributed by atoms with van der Waals surface area (Å²) in [6.45, 7) is 16.2. The highest BCUT2D eigenvalue weighted by molar-refractivity contribution is 6.05. The lowest BCUT2D eigenvalue weighted by Crippen LogP contribution is -2.63. The van der Waals surface area contributed by atoms with Crippen LogP contribution in [0.4, 0.5) is 11.5 Å². The first-order valence-electron chi connectivity index (χ1n) is 17.6. The topological polar surface area (TPSA) is 118 Å². The van der Waals surface area contributed by atoms with Crippen molar-refractivity contribution in [2.24, 2.45) is 16.7 Å². The zero-order chi connectivity index (χ0) is 33.8. The minimum atomic E-state index is -0.589. The zero-order valence-corrected chi connectivity index (χ0v) is 28.8. The zero-order valence-electron chi connectivity index (χ0n) is 28.8. The van der Waals surface area contributed by atoms with Crippen molar-refractivity contribution in [2.45, 2.75) is 78.4 Å². The number of pyridine rings is 1. The van der Waals surface area contributed by atoms with Crippen molar-refractivity contribution in [2.75, 3.05) is 55.6 Å². The quantitative estimate of drug-likeness (QED) is 0.436. The van der Waals surface area contributed by atoms with E-state index in [0.29, 0.717) is 30.0 Å². The third-order valence-corrected chi connectivity index (χ3v) is 11.5. The number of benzene rings is 1. The molecule has 3 saturated heterocycles. The number of hydrogen-bond acceptors (Lipinski definition) is 8. The summed E-state index contributed by atoms with van der Waals surface area (Å²) >= 11 is 0. The van der Waals surface area contributed by atoms with Gasteiger partial charge in [-0.3, -0.25) is 29.4 Å². The van der Waals surface area contributed by atoms with E-state index in [4.69, 9.17) is 0 Å². The summed E-state index contributed by atoms with van der Waals surface area (Å²) < 4.78 is 0. The van der Waals surface area contributed by atoms with Crippen LogP contribution in [0.2, 0.25) is 0 Å². The minimum absolute atomic E-state index is 0.0404. The average molecular weight is 656 g/mol. The van der Waals surface area contributed by atoms with Crippen molar-refractivity contribution in [1.29, 1.82) is 0 Å². The fourth-order valence-electron chi connectivity index (χ4n) is 9.27. The van der Waals surface area contributed by atoms with Gasteiger partial charge in [0.15, 0.2) is 0 Å². The minimum Gasteiger partial charge on any atom is -0.369 e. The van der Waals surface area contributed by atoms with Crippen molar-refractivity contribution in [3.8, 4) is 0 Å². The second-order valence-electron chi connectivity index (χ2n) is 15.9. The molecule has 1 aliphatic carbocycles. The van der Waals surface area contributed by atoms with E-state index in [1.54, 1.807) is 11.1 Å². The maximum Gasteiger partial charge on any atom is 0.255 e. The summed E-state index contributed by atoms with van der Waals surface area (Å²) in [4.78, 5) is 63.6. The number of rotatable bonds is 7. The Kier molecular flexibility index (Phi) is 8.46. The average Bonchev–Trinajstić information content (AvgIpc) is 3.38. The predicted molar refractivity (Wildman–Crippen MR) is 184 cm³/mol. The van der Waals surface area contributed by atoms with Gasteiger partial charge in [-0.2, -0.15) is 0 Å². The monoisotopic (exact) mass is 655 g/mol. The third kappa shape index (κ3) is 6.29. The van der Waals surface area contributed by atoms with E-state index in [1.165, 1.54) is 0 Å². The number of aromatic nitrogens is 1. The number of fused-ring (bicyclic) bond motifs is 1. The van der Waals surface area contributed by atoms with Crippen LogP contribution in [-0.2, 0) is 16.1 Å². The summed E-state index contributed by atoms with van der Waals surface area (Å²) in [7, 11) is 0. The highest BCUT2D eigenvalue weighted by Crippen LogP contribution is 2.53. The van der Waals surface area contributed by atoms with Crippen LogP contribution in [0, 0.1) is 16.7 Å². The summed E-state index contributed by atoms with van der Waals surface area (Å²) in [5.41, 5.74) is 3.56. The van der Waals surface area contributed by atoms with E-state index in [9.17, 15) is 19.2 Å². The lowest BCUT2D eigenvalue weighted by Gasteiger charge is -2.57. The molecule has 5 heterocycles. The van der Waals surface area contributed by atoms with E-state index in [2.05, 4.69) is 64.1 Å². The maximum absolute atomic E-state index is 13.1. The number of nitrogens with one attached hydrogen (secondary N) is 2. The van der Waals surface area contributed by atoms with Gasteiger partial charge in [0.25, 0.3) is 11.8 Å². The van der Waals surface area contributed by atoms with Gasteiger partial charge < -0.3 is 20.0 Å². The number of piperazine rings is 1. The molecule has 1 atom stereocenters. The molecule has 0 bridgehead atoms. The second-order valence-corrected chi connectivity index (χ2v) is 15.9. The standard InChI is InChI=1S/C37H49N7O4/c1-36(2)23-37(3,4)35(36)40-32(46)25-5-9-30(38-20-25)43-13-11-24(12-14-43)21-41-15-17-42(18-16-41)27-6-7-28-26(19-27)22-44(34(28)48)29-8-10-31(45)39-33(29)47/h5-7,9,19-20,24,29,35H,8,10-18,21-23H2,1-4H3,(H,40,46)(H,39,45,47)/t29-/m0/s1. The summed E-state index contributed by atoms with van der Waals surface area (Å²) in [5, 5.41) is 5.63. The van der Waals surface area contributed by atoms with Gasteiger partial charge in [0.1, 0.15) is 11.9 Å². The van der Waals surface area contributed by atoms with E-state index < -0.39 is 6.04 Å². The molecule has 11 heteroatoms. The fourth-order valence-corrected chi connectivity index (χ4v) is 9.27. The van der Waals surface area contributed by atoms with Gasteiger partial charge in [-0.1, -0.05) is 27.7 Å². The van der Waals surface area contributed by atoms with Crippen LogP contribution in [0.15, 0.2) is 36.5 Å². The van der Waals surface area contributed by atoms with Gasteiger partial charge in [-0.05, 0) is 78.3 Å². The molecular formula is C37H49N7O4. The molecule has 48 heavy (non-hydrogen) atoms. The van der Waals surface area contributed by atoms with Crippen LogP contribution in [0.3, 0.4) is 0 Å². The van der Waals surface area contributed by atoms with E-state index in [1.807, 2.05) is 24.3 Å². The van der Waals surface area contributed by atoms with Crippen LogP contribution in [-0.4, -0.2) is 96.3 Å². The molecule has 0 unspecified atom stereocenters. The predicted octanol–water partition coefficient (Wildman–Crippen LogP) is 3.44. The Hall–Kier alpha value is -3.99. The Morgan fingerprint density at radius 3 is 2.29 bits per heavy atom. The summed E-state index contributed by atoms with van der Waals surface area (Å²) in [5.74, 6) is 0.774. The molecule has 1 saturated carbocycles. The van der Waals surface area contributed by atoms with Gasteiger partial charge in [0.05, 0.1) is 5.56 Å². The van der Waals surface area contributed by atoms with E-state index >= 15 is 0 Å². The Morgan fingerprint density at radius 2 is 1.65 bits per heavy atom. The number of amides is 4. The van der Waals surface area contributed by atoms with Crippen LogP contribution >= 0.6 is 0 Å². The smallest absolute Gasteiger partial charge is 0.255 e. The number of carbonyl (C=O) groups excluding carboxylic acids is 4. The number of carbonyl (C=O) groups is 4. The molecule has 4 aliphatic heterocycles. The highest BCUT2D eigenvalue weighted by atomic mass is 16.2. The Morgan fingerprint density at radius 1 is 0.917 bits per heavy atom. The molecule has 7 rings (SSSR count). The van der Waals surface area contributed by atoms with Gasteiger partial charge in [0.2, 0.25) is 11.8 Å². The van der Waals surface area contributed by atoms with Crippen molar-refractivity contribution < 1.29 is 19.2 Å². The number of imide groups is 1. The molecule has 4 fully saturated rings. The molecule has 0 radical (unpaired) electrons. The maximum atomic E-state index is 13.1. The lowest BCUT2D eigenvalue weighted by atomic mass is 9.52. The first kappa shape index (κ1) is 32.6. The number of piperidine rings is 2. The molecule has 2 aromatic rings. The van der Waals surface area contributed by atoms with Gasteiger partial charge in [0, 0.05) is 82.3 Å². The van der Waals surface area contributed by atoms with Crippen LogP contribution in [0.5, 0.6) is 0 Å². The number of hydrogen-bond donors (Lipinski definition) is 2.